The molecule has 2 fully saturated rings. The van der Waals surface area contributed by atoms with Crippen molar-refractivity contribution in [2.75, 3.05) is 24.7 Å². The summed E-state index contributed by atoms with van der Waals surface area (Å²) in [7, 11) is 0. The number of amides is 4. The van der Waals surface area contributed by atoms with E-state index in [2.05, 4.69) is 0 Å². The highest BCUT2D eigenvalue weighted by Gasteiger charge is 2.30. The normalized spacial score (nSPS) is 16.2. The molecule has 2 aromatic carbocycles. The maximum Gasteiger partial charge on any atom is 0.289 e. The molecular weight excluding hydrogens is 476 g/mol. The van der Waals surface area contributed by atoms with Gasteiger partial charge in [-0.05, 0) is 47.5 Å². The van der Waals surface area contributed by atoms with Gasteiger partial charge in [-0.2, -0.15) is 0 Å². The van der Waals surface area contributed by atoms with Gasteiger partial charge in [0.15, 0.2) is 0 Å². The van der Waals surface area contributed by atoms with Crippen molar-refractivity contribution in [3.05, 3.63) is 71.8 Å². The number of carbonyl (C=O) groups is 4. The van der Waals surface area contributed by atoms with Crippen LogP contribution in [0, 0.1) is 0 Å². The zero-order valence-corrected chi connectivity index (χ0v) is 19.8. The number of hydrogen-bond donors (Lipinski definition) is 0. The van der Waals surface area contributed by atoms with Crippen LogP contribution in [0.5, 0.6) is 11.5 Å². The Balaban J connectivity index is 1.15. The van der Waals surface area contributed by atoms with Crippen LogP contribution in [0.15, 0.2) is 60.7 Å². The highest BCUT2D eigenvalue weighted by atomic mass is 32.2. The monoisotopic (exact) mass is 498 g/mol. The molecule has 2 aromatic rings. The number of hydrogen-bond acceptors (Lipinski definition) is 8. The Morgan fingerprint density at radius 2 is 1.03 bits per heavy atom. The van der Waals surface area contributed by atoms with Crippen LogP contribution in [0.1, 0.15) is 11.1 Å². The first-order valence-electron chi connectivity index (χ1n) is 10.5. The first-order valence-corrected chi connectivity index (χ1v) is 12.5. The van der Waals surface area contributed by atoms with E-state index in [4.69, 9.17) is 9.47 Å². The molecule has 2 aliphatic heterocycles. The summed E-state index contributed by atoms with van der Waals surface area (Å²) < 4.78 is 11.3. The van der Waals surface area contributed by atoms with Crippen LogP contribution in [0.2, 0.25) is 0 Å². The predicted molar refractivity (Wildman–Crippen MR) is 130 cm³/mol. The average molecular weight is 499 g/mol. The lowest BCUT2D eigenvalue weighted by molar-refractivity contribution is -0.125. The molecule has 4 amide bonds. The minimum Gasteiger partial charge on any atom is -0.490 e. The van der Waals surface area contributed by atoms with Gasteiger partial charge in [0.25, 0.3) is 10.5 Å². The summed E-state index contributed by atoms with van der Waals surface area (Å²) >= 11 is 2.06. The van der Waals surface area contributed by atoms with E-state index in [0.29, 0.717) is 24.7 Å². The number of nitrogens with zero attached hydrogens (tertiary/aromatic N) is 2. The fraction of sp³-hybridized carbons (Fsp3) is 0.250. The van der Waals surface area contributed by atoms with Gasteiger partial charge in [-0.15, -0.1) is 0 Å². The van der Waals surface area contributed by atoms with Gasteiger partial charge in [0, 0.05) is 0 Å². The summed E-state index contributed by atoms with van der Waals surface area (Å²) in [6.07, 6.45) is 3.70. The lowest BCUT2D eigenvalue weighted by Gasteiger charge is -2.13. The van der Waals surface area contributed by atoms with Crippen LogP contribution in [0.4, 0.5) is 9.59 Å². The molecule has 0 unspecified atom stereocenters. The van der Waals surface area contributed by atoms with Crippen molar-refractivity contribution in [3.8, 4) is 11.5 Å². The van der Waals surface area contributed by atoms with Crippen LogP contribution in [0.25, 0.3) is 0 Å². The summed E-state index contributed by atoms with van der Waals surface area (Å²) in [6.45, 7) is 1.29. The number of thioether (sulfide) groups is 2. The molecule has 2 saturated heterocycles. The van der Waals surface area contributed by atoms with E-state index < -0.39 is 0 Å². The topological polar surface area (TPSA) is 93.2 Å². The second-order valence-corrected chi connectivity index (χ2v) is 9.30. The highest BCUT2D eigenvalue weighted by Crippen LogP contribution is 2.23. The van der Waals surface area contributed by atoms with Crippen LogP contribution in [-0.4, -0.2) is 56.8 Å². The van der Waals surface area contributed by atoms with Gasteiger partial charge in [0.05, 0.1) is 24.6 Å². The number of carbonyl (C=O) groups excluding carboxylic acids is 4. The Kier molecular flexibility index (Phi) is 7.91. The molecule has 34 heavy (non-hydrogen) atoms. The summed E-state index contributed by atoms with van der Waals surface area (Å²) in [6, 6.07) is 14.6. The molecule has 0 bridgehead atoms. The van der Waals surface area contributed by atoms with Gasteiger partial charge in [0.1, 0.15) is 24.7 Å². The van der Waals surface area contributed by atoms with E-state index in [-0.39, 0.29) is 46.9 Å². The maximum absolute atomic E-state index is 11.7. The van der Waals surface area contributed by atoms with Gasteiger partial charge in [-0.3, -0.25) is 29.0 Å². The number of imide groups is 2. The van der Waals surface area contributed by atoms with E-state index in [9.17, 15) is 19.2 Å². The summed E-state index contributed by atoms with van der Waals surface area (Å²) in [5, 5.41) is -0.411. The molecule has 0 atom stereocenters. The molecule has 8 nitrogen and oxygen atoms in total. The van der Waals surface area contributed by atoms with Gasteiger partial charge in [-0.1, -0.05) is 47.8 Å². The highest BCUT2D eigenvalue weighted by molar-refractivity contribution is 8.15. The van der Waals surface area contributed by atoms with Crippen LogP contribution >= 0.6 is 23.5 Å². The molecule has 0 saturated carbocycles. The standard InChI is InChI=1S/C24H22N2O6S2/c27-21-15-33-23(29)25(21)13-17-3-7-19(8-4-17)31-11-1-2-12-32-20-9-5-18(6-10-20)14-26-22(28)16-34-24(26)30/h1-10H,11-16H2/b2-1+. The Hall–Kier alpha value is -3.24. The van der Waals surface area contributed by atoms with Gasteiger partial charge < -0.3 is 9.47 Å². The molecule has 4 rings (SSSR count). The van der Waals surface area contributed by atoms with E-state index in [1.165, 1.54) is 9.80 Å². The van der Waals surface area contributed by atoms with Gasteiger partial charge >= 0.3 is 0 Å². The van der Waals surface area contributed by atoms with Crippen molar-refractivity contribution in [2.45, 2.75) is 13.1 Å². The van der Waals surface area contributed by atoms with Gasteiger partial charge in [-0.25, -0.2) is 0 Å². The van der Waals surface area contributed by atoms with Crippen LogP contribution in [-0.2, 0) is 22.7 Å². The fourth-order valence-corrected chi connectivity index (χ4v) is 4.69. The third kappa shape index (κ3) is 6.21. The summed E-state index contributed by atoms with van der Waals surface area (Å²) in [5.74, 6) is 1.48. The molecule has 0 spiro atoms. The molecular formula is C24H22N2O6S2. The fourth-order valence-electron chi connectivity index (χ4n) is 3.24. The molecule has 0 aliphatic carbocycles. The van der Waals surface area contributed by atoms with Crippen molar-refractivity contribution in [1.82, 2.24) is 9.80 Å². The largest absolute Gasteiger partial charge is 0.490 e. The van der Waals surface area contributed by atoms with Crippen molar-refractivity contribution in [1.29, 1.82) is 0 Å². The second kappa shape index (κ2) is 11.3. The van der Waals surface area contributed by atoms with E-state index in [0.717, 1.165) is 34.7 Å². The number of ether oxygens (including phenoxy) is 2. The number of benzene rings is 2. The number of rotatable bonds is 10. The molecule has 10 heteroatoms. The van der Waals surface area contributed by atoms with Crippen LogP contribution < -0.4 is 9.47 Å². The smallest absolute Gasteiger partial charge is 0.289 e. The quantitative estimate of drug-likeness (QED) is 0.452. The zero-order chi connectivity index (χ0) is 23.9. The Morgan fingerprint density at radius 1 is 0.647 bits per heavy atom. The van der Waals surface area contributed by atoms with E-state index in [1.54, 1.807) is 24.3 Å². The molecule has 0 N–H and O–H groups in total. The predicted octanol–water partition coefficient (Wildman–Crippen LogP) is 4.09. The van der Waals surface area contributed by atoms with Crippen molar-refractivity contribution in [2.24, 2.45) is 0 Å². The third-order valence-electron chi connectivity index (χ3n) is 5.07. The molecule has 176 valence electrons. The lowest BCUT2D eigenvalue weighted by atomic mass is 10.2. The molecule has 0 aromatic heterocycles. The Bertz CT molecular complexity index is 982. The average Bonchev–Trinajstić information content (AvgIpc) is 3.33. The third-order valence-corrected chi connectivity index (χ3v) is 6.79. The maximum atomic E-state index is 11.7. The lowest BCUT2D eigenvalue weighted by Crippen LogP contribution is -2.27. The van der Waals surface area contributed by atoms with Crippen molar-refractivity contribution < 1.29 is 28.7 Å². The Labute approximate surface area is 205 Å². The minimum atomic E-state index is -0.206. The minimum absolute atomic E-state index is 0.159. The van der Waals surface area contributed by atoms with E-state index in [1.807, 2.05) is 36.4 Å². The first-order chi connectivity index (χ1) is 16.5. The van der Waals surface area contributed by atoms with Crippen molar-refractivity contribution in [3.63, 3.8) is 0 Å². The Morgan fingerprint density at radius 3 is 1.35 bits per heavy atom. The molecule has 2 aliphatic rings. The van der Waals surface area contributed by atoms with Crippen molar-refractivity contribution >= 4 is 45.8 Å². The molecule has 0 radical (unpaired) electrons. The summed E-state index contributed by atoms with van der Waals surface area (Å²) in [4.78, 5) is 49.2. The summed E-state index contributed by atoms with van der Waals surface area (Å²) in [5.41, 5.74) is 1.73. The zero-order valence-electron chi connectivity index (χ0n) is 18.2. The van der Waals surface area contributed by atoms with Crippen LogP contribution in [0.3, 0.4) is 0 Å². The molecule has 2 heterocycles. The van der Waals surface area contributed by atoms with Gasteiger partial charge in [0.2, 0.25) is 11.8 Å². The first kappa shape index (κ1) is 23.9. The van der Waals surface area contributed by atoms with E-state index >= 15 is 0 Å². The second-order valence-electron chi connectivity index (χ2n) is 7.45. The SMILES string of the molecule is O=C1CSC(=O)N1Cc1ccc(OC/C=C/COc2ccc(CN3C(=O)CSC3=O)cc2)cc1.